The van der Waals surface area contributed by atoms with Gasteiger partial charge in [0.15, 0.2) is 12.4 Å². The highest BCUT2D eigenvalue weighted by molar-refractivity contribution is 5.77. The summed E-state index contributed by atoms with van der Waals surface area (Å²) in [6, 6.07) is 8.58. The number of hydrogen-bond acceptors (Lipinski definition) is 9. The van der Waals surface area contributed by atoms with Crippen LogP contribution in [-0.4, -0.2) is 68.8 Å². The van der Waals surface area contributed by atoms with Crippen LogP contribution in [0.5, 0.6) is 5.75 Å². The highest BCUT2D eigenvalue weighted by atomic mass is 16.6. The lowest BCUT2D eigenvalue weighted by Gasteiger charge is -2.36. The summed E-state index contributed by atoms with van der Waals surface area (Å²) < 4.78 is 14.6. The largest absolute Gasteiger partial charge is 0.494 e. The van der Waals surface area contributed by atoms with E-state index in [1.807, 2.05) is 19.1 Å². The molecule has 10 nitrogen and oxygen atoms in total. The summed E-state index contributed by atoms with van der Waals surface area (Å²) in [4.78, 5) is 21.3. The van der Waals surface area contributed by atoms with Crippen molar-refractivity contribution in [3.05, 3.63) is 40.8 Å². The first-order chi connectivity index (χ1) is 12.7. The predicted molar refractivity (Wildman–Crippen MR) is 90.2 cm³/mol. The summed E-state index contributed by atoms with van der Waals surface area (Å²) in [5.74, 6) is -0.799. The maximum Gasteiger partial charge on any atom is 0.336 e. The lowest BCUT2D eigenvalue weighted by Crippen LogP contribution is -2.59. The molecule has 0 bridgehead atoms. The zero-order valence-electron chi connectivity index (χ0n) is 14.3. The lowest BCUT2D eigenvalue weighted by atomic mass is 9.99. The first-order valence-electron chi connectivity index (χ1n) is 8.01. The van der Waals surface area contributed by atoms with Crippen LogP contribution in [0.1, 0.15) is 6.92 Å². The molecule has 2 heterocycles. The number of hydrogen-bond donors (Lipinski definition) is 5. The molecule has 1 fully saturated rings. The minimum atomic E-state index is -1.81. The van der Waals surface area contributed by atoms with Gasteiger partial charge in [-0.3, -0.25) is 0 Å². The summed E-state index contributed by atoms with van der Waals surface area (Å²) in [6.45, 7) is 2.51. The second kappa shape index (κ2) is 8.93. The van der Waals surface area contributed by atoms with E-state index < -0.39 is 36.7 Å². The maximum absolute atomic E-state index is 10.9. The minimum Gasteiger partial charge on any atom is -0.494 e. The normalized spacial score (nSPS) is 27.5. The number of aliphatic hydroxyl groups excluding tert-OH is 4. The summed E-state index contributed by atoms with van der Waals surface area (Å²) in [6.07, 6.45) is -8.72. The number of rotatable bonds is 3. The van der Waals surface area contributed by atoms with Crippen LogP contribution in [0.4, 0.5) is 0 Å². The number of ether oxygens (including phenoxy) is 2. The van der Waals surface area contributed by atoms with Crippen LogP contribution in [-0.2, 0) is 9.53 Å². The lowest BCUT2D eigenvalue weighted by molar-refractivity contribution is -0.279. The fourth-order valence-electron chi connectivity index (χ4n) is 2.36. The molecule has 1 aromatic heterocycles. The highest BCUT2D eigenvalue weighted by Crippen LogP contribution is 2.20. The Bertz CT molecular complexity index is 832. The van der Waals surface area contributed by atoms with Gasteiger partial charge in [-0.1, -0.05) is 0 Å². The molecule has 0 spiro atoms. The molecule has 0 aliphatic carbocycles. The van der Waals surface area contributed by atoms with Crippen molar-refractivity contribution in [2.75, 3.05) is 6.61 Å². The fourth-order valence-corrected chi connectivity index (χ4v) is 2.36. The number of carboxylic acids is 1. The summed E-state index contributed by atoms with van der Waals surface area (Å²) in [5.41, 5.74) is 0.217. The van der Waals surface area contributed by atoms with E-state index in [-0.39, 0.29) is 5.63 Å². The van der Waals surface area contributed by atoms with Gasteiger partial charge < -0.3 is 39.4 Å². The Morgan fingerprint density at radius 1 is 1.07 bits per heavy atom. The van der Waals surface area contributed by atoms with Crippen molar-refractivity contribution in [1.29, 1.82) is 0 Å². The zero-order valence-corrected chi connectivity index (χ0v) is 14.3. The van der Waals surface area contributed by atoms with Crippen LogP contribution in [0.3, 0.4) is 0 Å². The van der Waals surface area contributed by atoms with Gasteiger partial charge in [0.1, 0.15) is 29.6 Å². The topological polar surface area (TPSA) is 167 Å². The van der Waals surface area contributed by atoms with E-state index in [9.17, 15) is 9.59 Å². The summed E-state index contributed by atoms with van der Waals surface area (Å²) >= 11 is 0. The predicted octanol–water partition coefficient (Wildman–Crippen LogP) is -0.937. The van der Waals surface area contributed by atoms with Crippen LogP contribution in [0, 0.1) is 0 Å². The van der Waals surface area contributed by atoms with Crippen LogP contribution in [0.25, 0.3) is 11.0 Å². The fraction of sp³-hybridized carbons (Fsp3) is 0.412. The third kappa shape index (κ3) is 5.02. The molecule has 5 N–H and O–H groups in total. The Morgan fingerprint density at radius 2 is 1.74 bits per heavy atom. The Morgan fingerprint density at radius 3 is 2.37 bits per heavy atom. The van der Waals surface area contributed by atoms with Crippen molar-refractivity contribution in [2.24, 2.45) is 0 Å². The molecule has 5 atom stereocenters. The third-order valence-corrected chi connectivity index (χ3v) is 3.74. The van der Waals surface area contributed by atoms with E-state index in [1.165, 1.54) is 6.07 Å². The van der Waals surface area contributed by atoms with Crippen molar-refractivity contribution in [3.8, 4) is 5.75 Å². The van der Waals surface area contributed by atoms with E-state index in [1.54, 1.807) is 12.1 Å². The number of carboxylic acid groups (broad SMARTS) is 1. The van der Waals surface area contributed by atoms with Crippen molar-refractivity contribution in [2.45, 2.75) is 37.6 Å². The SMILES string of the molecule is CCOc1ccc2ccc(=O)oc2c1.O=C(O)[C@H]1OC(O)[C@H](O)[C@@H](O)[C@@H]1O. The van der Waals surface area contributed by atoms with Gasteiger partial charge in [-0.2, -0.15) is 0 Å². The molecule has 148 valence electrons. The van der Waals surface area contributed by atoms with E-state index in [0.29, 0.717) is 17.9 Å². The molecule has 1 aliphatic heterocycles. The minimum absolute atomic E-state index is 0.342. The quantitative estimate of drug-likeness (QED) is 0.417. The second-order valence-electron chi connectivity index (χ2n) is 5.64. The van der Waals surface area contributed by atoms with E-state index >= 15 is 0 Å². The number of fused-ring (bicyclic) bond motifs is 1. The van der Waals surface area contributed by atoms with Crippen LogP contribution in [0.2, 0.25) is 0 Å². The van der Waals surface area contributed by atoms with Gasteiger partial charge in [0.2, 0.25) is 0 Å². The molecule has 1 aromatic carbocycles. The van der Waals surface area contributed by atoms with Crippen LogP contribution >= 0.6 is 0 Å². The molecular weight excluding hydrogens is 364 g/mol. The zero-order chi connectivity index (χ0) is 20.1. The van der Waals surface area contributed by atoms with Crippen molar-refractivity contribution < 1.29 is 44.2 Å². The molecule has 0 amide bonds. The molecule has 1 saturated heterocycles. The molecule has 1 aliphatic rings. The first-order valence-corrected chi connectivity index (χ1v) is 8.01. The number of aliphatic carboxylic acids is 1. The van der Waals surface area contributed by atoms with Crippen LogP contribution < -0.4 is 10.4 Å². The van der Waals surface area contributed by atoms with E-state index in [2.05, 4.69) is 4.74 Å². The van der Waals surface area contributed by atoms with Gasteiger partial charge in [-0.05, 0) is 25.1 Å². The molecule has 27 heavy (non-hydrogen) atoms. The van der Waals surface area contributed by atoms with E-state index in [4.69, 9.17) is 34.7 Å². The molecule has 10 heteroatoms. The highest BCUT2D eigenvalue weighted by Gasteiger charge is 2.46. The van der Waals surface area contributed by atoms with Gasteiger partial charge in [0, 0.05) is 17.5 Å². The average molecular weight is 384 g/mol. The Labute approximate surface area is 152 Å². The monoisotopic (exact) mass is 384 g/mol. The summed E-state index contributed by atoms with van der Waals surface area (Å²) in [5, 5.41) is 45.3. The second-order valence-corrected chi connectivity index (χ2v) is 5.64. The smallest absolute Gasteiger partial charge is 0.336 e. The maximum atomic E-state index is 10.9. The standard InChI is InChI=1S/C11H10O3.C6H10O7/c1-2-13-9-5-3-8-4-6-11(12)14-10(8)7-9;7-1-2(8)4(5(10)11)13-6(12)3(1)9/h3-7H,2H2,1H3;1-4,6-9,12H,(H,10,11)/t;1-,2-,3+,4-,6?/m.0/s1. The van der Waals surface area contributed by atoms with Crippen molar-refractivity contribution in [3.63, 3.8) is 0 Å². The average Bonchev–Trinajstić information content (AvgIpc) is 2.63. The molecule has 0 radical (unpaired) electrons. The van der Waals surface area contributed by atoms with Gasteiger partial charge in [0.25, 0.3) is 0 Å². The van der Waals surface area contributed by atoms with Crippen LogP contribution in [0.15, 0.2) is 39.5 Å². The Kier molecular flexibility index (Phi) is 6.88. The summed E-state index contributed by atoms with van der Waals surface area (Å²) in [7, 11) is 0. The van der Waals surface area contributed by atoms with Gasteiger partial charge in [0.05, 0.1) is 6.61 Å². The third-order valence-electron chi connectivity index (χ3n) is 3.74. The molecular formula is C17H20O10. The number of carbonyl (C=O) groups is 1. The van der Waals surface area contributed by atoms with Gasteiger partial charge >= 0.3 is 11.6 Å². The van der Waals surface area contributed by atoms with Crippen molar-refractivity contribution >= 4 is 16.9 Å². The van der Waals surface area contributed by atoms with Crippen molar-refractivity contribution in [1.82, 2.24) is 0 Å². The molecule has 1 unspecified atom stereocenters. The van der Waals surface area contributed by atoms with E-state index in [0.717, 1.165) is 5.39 Å². The first kappa shape index (κ1) is 20.8. The molecule has 0 saturated carbocycles. The van der Waals surface area contributed by atoms with Gasteiger partial charge in [-0.15, -0.1) is 0 Å². The Balaban J connectivity index is 0.000000194. The molecule has 3 rings (SSSR count). The number of aliphatic hydroxyl groups is 4. The van der Waals surface area contributed by atoms with Gasteiger partial charge in [-0.25, -0.2) is 9.59 Å². The molecule has 2 aromatic rings. The number of benzene rings is 1. The Hall–Kier alpha value is -2.50.